The molecule has 2 N–H and O–H groups in total. The Morgan fingerprint density at radius 1 is 1.12 bits per heavy atom. The lowest BCUT2D eigenvalue weighted by molar-refractivity contribution is 0.462. The molecule has 3 aromatic rings. The zero-order chi connectivity index (χ0) is 17.1. The van der Waals surface area contributed by atoms with Gasteiger partial charge >= 0.3 is 0 Å². The Hall–Kier alpha value is -1.92. The van der Waals surface area contributed by atoms with E-state index in [1.807, 2.05) is 0 Å². The Morgan fingerprint density at radius 2 is 2.00 bits per heavy atom. The van der Waals surface area contributed by atoms with Crippen LogP contribution < -0.4 is 10.6 Å². The number of halogens is 1. The number of nitrogens with one attached hydrogen (secondary N) is 2. The van der Waals surface area contributed by atoms with Crippen molar-refractivity contribution in [3.8, 4) is 0 Å². The van der Waals surface area contributed by atoms with Crippen LogP contribution in [0, 0.1) is 0 Å². The number of thiazole rings is 1. The molecule has 5 nitrogen and oxygen atoms in total. The van der Waals surface area contributed by atoms with E-state index in [0.29, 0.717) is 23.6 Å². The first kappa shape index (κ1) is 16.5. The summed E-state index contributed by atoms with van der Waals surface area (Å²) in [7, 11) is 0. The molecule has 1 fully saturated rings. The molecule has 0 amide bonds. The van der Waals surface area contributed by atoms with Crippen molar-refractivity contribution in [3.05, 3.63) is 41.3 Å². The summed E-state index contributed by atoms with van der Waals surface area (Å²) >= 11 is 7.59. The first-order chi connectivity index (χ1) is 12.3. The lowest BCUT2D eigenvalue weighted by Gasteiger charge is -2.22. The van der Waals surface area contributed by atoms with Crippen LogP contribution in [0.25, 0.3) is 10.2 Å². The van der Waals surface area contributed by atoms with Gasteiger partial charge in [0.2, 0.25) is 0 Å². The van der Waals surface area contributed by atoms with Crippen LogP contribution in [0.4, 0.5) is 10.9 Å². The number of anilines is 2. The first-order valence-electron chi connectivity index (χ1n) is 8.64. The van der Waals surface area contributed by atoms with E-state index in [0.717, 1.165) is 10.6 Å². The van der Waals surface area contributed by atoms with Crippen molar-refractivity contribution in [1.29, 1.82) is 0 Å². The van der Waals surface area contributed by atoms with Crippen LogP contribution in [0.3, 0.4) is 0 Å². The zero-order valence-electron chi connectivity index (χ0n) is 13.8. The fourth-order valence-corrected chi connectivity index (χ4v) is 4.34. The number of nitrogens with zero attached hydrogens (tertiary/aromatic N) is 3. The van der Waals surface area contributed by atoms with Crippen molar-refractivity contribution in [2.75, 3.05) is 10.6 Å². The molecule has 0 bridgehead atoms. The quantitative estimate of drug-likeness (QED) is 0.651. The molecule has 0 spiro atoms. The van der Waals surface area contributed by atoms with Gasteiger partial charge in [0.1, 0.15) is 11.0 Å². The Balaban J connectivity index is 1.44. The van der Waals surface area contributed by atoms with Crippen LogP contribution in [0.2, 0.25) is 5.15 Å². The molecule has 0 atom stereocenters. The molecule has 0 saturated heterocycles. The number of aromatic nitrogens is 3. The second-order valence-corrected chi connectivity index (χ2v) is 7.80. The van der Waals surface area contributed by atoms with E-state index in [1.54, 1.807) is 17.5 Å². The number of rotatable bonds is 5. The van der Waals surface area contributed by atoms with Crippen LogP contribution in [0.5, 0.6) is 0 Å². The molecule has 1 aromatic carbocycles. The van der Waals surface area contributed by atoms with Gasteiger partial charge in [-0.2, -0.15) is 0 Å². The van der Waals surface area contributed by atoms with Gasteiger partial charge < -0.3 is 10.6 Å². The molecular formula is C18H20ClN5S. The molecule has 2 aromatic heterocycles. The average molecular weight is 374 g/mol. The van der Waals surface area contributed by atoms with Crippen molar-refractivity contribution in [3.63, 3.8) is 0 Å². The largest absolute Gasteiger partial charge is 0.365 e. The van der Waals surface area contributed by atoms with E-state index < -0.39 is 0 Å². The highest BCUT2D eigenvalue weighted by Gasteiger charge is 2.15. The molecule has 25 heavy (non-hydrogen) atoms. The van der Waals surface area contributed by atoms with Crippen LogP contribution in [-0.2, 0) is 6.54 Å². The Bertz CT molecular complexity index is 860. The smallest absolute Gasteiger partial charge is 0.184 e. The standard InChI is InChI=1S/C18H20ClN5S/c19-16-10-20-11-17(24-16)21-9-12-6-7-14-15(8-12)25-18(23-14)22-13-4-2-1-3-5-13/h6-8,10-11,13H,1-5,9H2,(H,21,24)(H,22,23). The molecule has 4 rings (SSSR count). The van der Waals surface area contributed by atoms with Gasteiger partial charge in [0.25, 0.3) is 0 Å². The van der Waals surface area contributed by atoms with Gasteiger partial charge in [0, 0.05) is 12.6 Å². The number of benzene rings is 1. The summed E-state index contributed by atoms with van der Waals surface area (Å²) in [6.45, 7) is 0.675. The van der Waals surface area contributed by atoms with Gasteiger partial charge in [-0.1, -0.05) is 48.3 Å². The molecular weight excluding hydrogens is 354 g/mol. The maximum Gasteiger partial charge on any atom is 0.184 e. The van der Waals surface area contributed by atoms with E-state index in [4.69, 9.17) is 16.6 Å². The van der Waals surface area contributed by atoms with E-state index in [1.165, 1.54) is 48.6 Å². The highest BCUT2D eigenvalue weighted by Crippen LogP contribution is 2.29. The summed E-state index contributed by atoms with van der Waals surface area (Å²) in [6.07, 6.45) is 9.72. The minimum atomic E-state index is 0.390. The molecule has 1 aliphatic carbocycles. The molecule has 0 unspecified atom stereocenters. The normalized spacial score (nSPS) is 15.4. The van der Waals surface area contributed by atoms with Crippen LogP contribution >= 0.6 is 22.9 Å². The fraction of sp³-hybridized carbons (Fsp3) is 0.389. The SMILES string of the molecule is Clc1cncc(NCc2ccc3nc(NC4CCCCC4)sc3c2)n1. The summed E-state index contributed by atoms with van der Waals surface area (Å²) in [5.41, 5.74) is 2.23. The van der Waals surface area contributed by atoms with Gasteiger partial charge in [-0.3, -0.25) is 4.98 Å². The fourth-order valence-electron chi connectivity index (χ4n) is 3.18. The third kappa shape index (κ3) is 4.19. The average Bonchev–Trinajstić information content (AvgIpc) is 3.02. The number of hydrogen-bond acceptors (Lipinski definition) is 6. The van der Waals surface area contributed by atoms with Crippen molar-refractivity contribution < 1.29 is 0 Å². The van der Waals surface area contributed by atoms with Gasteiger partial charge in [0.15, 0.2) is 5.13 Å². The number of hydrogen-bond donors (Lipinski definition) is 2. The summed E-state index contributed by atoms with van der Waals surface area (Å²) in [4.78, 5) is 12.9. The van der Waals surface area contributed by atoms with E-state index >= 15 is 0 Å². The topological polar surface area (TPSA) is 62.7 Å². The van der Waals surface area contributed by atoms with E-state index in [-0.39, 0.29) is 0 Å². The highest BCUT2D eigenvalue weighted by atomic mass is 35.5. The molecule has 2 heterocycles. The van der Waals surface area contributed by atoms with Crippen LogP contribution in [0.1, 0.15) is 37.7 Å². The van der Waals surface area contributed by atoms with Crippen LogP contribution in [-0.4, -0.2) is 21.0 Å². The highest BCUT2D eigenvalue weighted by molar-refractivity contribution is 7.22. The van der Waals surface area contributed by atoms with Gasteiger partial charge in [-0.15, -0.1) is 0 Å². The second-order valence-electron chi connectivity index (χ2n) is 6.38. The third-order valence-corrected chi connectivity index (χ3v) is 5.60. The zero-order valence-corrected chi connectivity index (χ0v) is 15.4. The van der Waals surface area contributed by atoms with E-state index in [9.17, 15) is 0 Å². The van der Waals surface area contributed by atoms with Gasteiger partial charge in [-0.25, -0.2) is 9.97 Å². The Kier molecular flexibility index (Phi) is 4.99. The molecule has 0 aliphatic heterocycles. The summed E-state index contributed by atoms with van der Waals surface area (Å²) < 4.78 is 1.20. The Labute approximate surface area is 155 Å². The predicted molar refractivity (Wildman–Crippen MR) is 104 cm³/mol. The van der Waals surface area contributed by atoms with Gasteiger partial charge in [0.05, 0.1) is 22.6 Å². The third-order valence-electron chi connectivity index (χ3n) is 4.46. The first-order valence-corrected chi connectivity index (χ1v) is 9.83. The second kappa shape index (κ2) is 7.54. The molecule has 1 aliphatic rings. The molecule has 0 radical (unpaired) electrons. The van der Waals surface area contributed by atoms with Crippen molar-refractivity contribution >= 4 is 44.1 Å². The predicted octanol–water partition coefficient (Wildman–Crippen LogP) is 5.10. The molecule has 1 saturated carbocycles. The Morgan fingerprint density at radius 3 is 2.84 bits per heavy atom. The monoisotopic (exact) mass is 373 g/mol. The number of fused-ring (bicyclic) bond motifs is 1. The molecule has 130 valence electrons. The summed E-state index contributed by atoms with van der Waals surface area (Å²) in [6, 6.07) is 6.94. The maximum absolute atomic E-state index is 5.86. The van der Waals surface area contributed by atoms with Crippen molar-refractivity contribution in [2.45, 2.75) is 44.7 Å². The van der Waals surface area contributed by atoms with Crippen molar-refractivity contribution in [1.82, 2.24) is 15.0 Å². The lowest BCUT2D eigenvalue weighted by Crippen LogP contribution is -2.21. The minimum absolute atomic E-state index is 0.390. The maximum atomic E-state index is 5.86. The van der Waals surface area contributed by atoms with Gasteiger partial charge in [-0.05, 0) is 30.5 Å². The van der Waals surface area contributed by atoms with Crippen LogP contribution in [0.15, 0.2) is 30.6 Å². The van der Waals surface area contributed by atoms with E-state index in [2.05, 4.69) is 38.8 Å². The van der Waals surface area contributed by atoms with Crippen molar-refractivity contribution in [2.24, 2.45) is 0 Å². The minimum Gasteiger partial charge on any atom is -0.365 e. The lowest BCUT2D eigenvalue weighted by atomic mass is 9.96. The molecule has 7 heteroatoms. The summed E-state index contributed by atoms with van der Waals surface area (Å²) in [5, 5.41) is 8.29. The summed E-state index contributed by atoms with van der Waals surface area (Å²) in [5.74, 6) is 0.677.